The molecule has 4 rings (SSSR count). The molecule has 2 aliphatic heterocycles. The second kappa shape index (κ2) is 4.21. The van der Waals surface area contributed by atoms with Gasteiger partial charge in [0, 0.05) is 10.8 Å². The van der Waals surface area contributed by atoms with E-state index in [1.807, 2.05) is 19.1 Å². The Morgan fingerprint density at radius 3 is 2.74 bits per heavy atom. The van der Waals surface area contributed by atoms with Crippen LogP contribution in [0.15, 0.2) is 24.3 Å². The van der Waals surface area contributed by atoms with E-state index in [4.69, 9.17) is 22.1 Å². The van der Waals surface area contributed by atoms with Crippen molar-refractivity contribution in [3.8, 4) is 12.1 Å². The number of amidine groups is 1. The summed E-state index contributed by atoms with van der Waals surface area (Å²) in [6.45, 7) is 2.42. The zero-order chi connectivity index (χ0) is 16.5. The Bertz CT molecular complexity index is 837. The molecule has 2 heterocycles. The molecule has 7 heteroatoms. The van der Waals surface area contributed by atoms with E-state index in [0.717, 1.165) is 11.3 Å². The smallest absolute Gasteiger partial charge is 0.278 e. The monoisotopic (exact) mass is 345 g/mol. The van der Waals surface area contributed by atoms with Crippen LogP contribution < -0.4 is 10.7 Å². The zero-order valence-electron chi connectivity index (χ0n) is 12.4. The molecule has 1 aromatic carbocycles. The van der Waals surface area contributed by atoms with Gasteiger partial charge < -0.3 is 4.74 Å². The van der Waals surface area contributed by atoms with Crippen molar-refractivity contribution in [2.45, 2.75) is 17.4 Å². The zero-order valence-corrected chi connectivity index (χ0v) is 14.0. The number of benzene rings is 1. The van der Waals surface area contributed by atoms with Gasteiger partial charge in [-0.1, -0.05) is 42.4 Å². The Balaban J connectivity index is 2.02. The highest BCUT2D eigenvalue weighted by Gasteiger charge is 3.02. The Kier molecular flexibility index (Phi) is 2.72. The minimum absolute atomic E-state index is 0.304. The molecular weight excluding hydrogens is 332 g/mol. The van der Waals surface area contributed by atoms with Crippen molar-refractivity contribution < 1.29 is 9.73 Å². The molecule has 0 aromatic heterocycles. The molecule has 116 valence electrons. The molecule has 4 atom stereocenters. The molecule has 1 aromatic rings. The number of nitrogens with one attached hydrogen (secondary N) is 1. The van der Waals surface area contributed by atoms with E-state index in [1.165, 1.54) is 11.8 Å². The van der Waals surface area contributed by atoms with Gasteiger partial charge in [0.25, 0.3) is 10.9 Å². The minimum atomic E-state index is -1.14. The average Bonchev–Trinajstić information content (AvgIpc) is 2.82. The normalized spacial score (nSPS) is 43.6. The van der Waals surface area contributed by atoms with Crippen molar-refractivity contribution in [1.29, 1.82) is 10.5 Å². The number of fused-ring (bicyclic) bond motifs is 2. The molecule has 1 saturated heterocycles. The van der Waals surface area contributed by atoms with Crippen molar-refractivity contribution in [2.75, 3.05) is 12.4 Å². The van der Waals surface area contributed by atoms with Crippen LogP contribution in [0.3, 0.4) is 0 Å². The first-order valence-electron chi connectivity index (χ1n) is 7.23. The number of hydrogen-bond acceptors (Lipinski definition) is 5. The number of halogens is 1. The van der Waals surface area contributed by atoms with E-state index in [2.05, 4.69) is 17.1 Å². The molecule has 1 aliphatic carbocycles. The minimum Gasteiger partial charge on any atom is -0.327 e. The van der Waals surface area contributed by atoms with Crippen molar-refractivity contribution in [2.24, 2.45) is 16.6 Å². The maximum Gasteiger partial charge on any atom is 0.278 e. The predicted molar refractivity (Wildman–Crippen MR) is 86.2 cm³/mol. The van der Waals surface area contributed by atoms with Crippen LogP contribution in [0.1, 0.15) is 12.5 Å². The van der Waals surface area contributed by atoms with Crippen molar-refractivity contribution in [3.63, 3.8) is 0 Å². The van der Waals surface area contributed by atoms with Gasteiger partial charge in [0.15, 0.2) is 10.8 Å². The topological polar surface area (TPSA) is 96.8 Å². The number of thioether (sulfide) groups is 1. The van der Waals surface area contributed by atoms with E-state index in [0.29, 0.717) is 17.5 Å². The molecule has 3 aliphatic rings. The van der Waals surface area contributed by atoms with Crippen LogP contribution >= 0.6 is 23.4 Å². The summed E-state index contributed by atoms with van der Waals surface area (Å²) in [5, 5.41) is 19.7. The van der Waals surface area contributed by atoms with Gasteiger partial charge in [-0.2, -0.15) is 10.5 Å². The highest BCUT2D eigenvalue weighted by atomic mass is 35.5. The highest BCUT2D eigenvalue weighted by Crippen LogP contribution is 2.83. The molecule has 1 spiro atoms. The van der Waals surface area contributed by atoms with Crippen LogP contribution in [0, 0.1) is 33.5 Å². The molecular formula is C16H14ClN4OS+. The van der Waals surface area contributed by atoms with Crippen LogP contribution in [0.4, 0.5) is 0 Å². The molecule has 0 unspecified atom stereocenters. The SMILES string of the molecule is C[C@]1(c2cccc(Cl)c2)[C@]2(C#N)C(N)=[NH+][C@@]3(OCCS3)[C@@]21C#N. The van der Waals surface area contributed by atoms with Crippen LogP contribution in [0.5, 0.6) is 0 Å². The van der Waals surface area contributed by atoms with Gasteiger partial charge in [-0.25, -0.2) is 4.99 Å². The summed E-state index contributed by atoms with van der Waals surface area (Å²) in [5.74, 6) is 1.05. The van der Waals surface area contributed by atoms with Crippen LogP contribution in [-0.4, -0.2) is 23.3 Å². The first-order chi connectivity index (χ1) is 11.0. The van der Waals surface area contributed by atoms with E-state index in [-0.39, 0.29) is 0 Å². The molecule has 2 fully saturated rings. The van der Waals surface area contributed by atoms with Crippen molar-refractivity contribution in [1.82, 2.24) is 0 Å². The lowest BCUT2D eigenvalue weighted by Gasteiger charge is -2.27. The average molecular weight is 346 g/mol. The summed E-state index contributed by atoms with van der Waals surface area (Å²) in [4.78, 5) is 3.11. The van der Waals surface area contributed by atoms with Crippen LogP contribution in [-0.2, 0) is 10.2 Å². The summed E-state index contributed by atoms with van der Waals surface area (Å²) in [7, 11) is 0. The molecule has 23 heavy (non-hydrogen) atoms. The lowest BCUT2D eigenvalue weighted by molar-refractivity contribution is -0.584. The van der Waals surface area contributed by atoms with Gasteiger partial charge in [0.2, 0.25) is 0 Å². The molecule has 0 radical (unpaired) electrons. The maximum absolute atomic E-state index is 10.1. The highest BCUT2D eigenvalue weighted by molar-refractivity contribution is 8.00. The van der Waals surface area contributed by atoms with E-state index < -0.39 is 21.3 Å². The molecule has 1 saturated carbocycles. The first kappa shape index (κ1) is 14.8. The molecule has 5 nitrogen and oxygen atoms in total. The van der Waals surface area contributed by atoms with E-state index in [9.17, 15) is 10.5 Å². The van der Waals surface area contributed by atoms with Gasteiger partial charge in [-0.15, -0.1) is 0 Å². The largest absolute Gasteiger partial charge is 0.327 e. The summed E-state index contributed by atoms with van der Waals surface area (Å²) in [6.07, 6.45) is 0. The Hall–Kier alpha value is -1.73. The summed E-state index contributed by atoms with van der Waals surface area (Å²) in [5.41, 5.74) is 4.03. The van der Waals surface area contributed by atoms with E-state index in [1.54, 1.807) is 12.1 Å². The quantitative estimate of drug-likeness (QED) is 0.772. The molecule has 3 N–H and O–H groups in total. The lowest BCUT2D eigenvalue weighted by atomic mass is 9.85. The second-order valence-electron chi connectivity index (χ2n) is 6.21. The maximum atomic E-state index is 10.1. The van der Waals surface area contributed by atoms with Gasteiger partial charge in [0.1, 0.15) is 0 Å². The Morgan fingerprint density at radius 1 is 1.39 bits per heavy atom. The van der Waals surface area contributed by atoms with Crippen LogP contribution in [0.2, 0.25) is 5.02 Å². The van der Waals surface area contributed by atoms with Crippen molar-refractivity contribution in [3.05, 3.63) is 34.9 Å². The standard InChI is InChI=1S/C16H13ClN4OS/c1-13(10-3-2-4-11(17)7-10)14(8-18)12(20)21-16(15(13,14)9-19)22-5-6-23-16/h2-4,7H,5-6H2,1H3,(H2,20,21)/p+1/t13-,14-,15+,16+/m0/s1. The fourth-order valence-corrected chi connectivity index (χ4v) is 6.20. The van der Waals surface area contributed by atoms with Gasteiger partial charge in [-0.3, -0.25) is 5.73 Å². The Labute approximate surface area is 143 Å². The number of nitrogens with two attached hydrogens (primary N) is 1. The number of nitriles is 2. The summed E-state index contributed by atoms with van der Waals surface area (Å²) >= 11 is 7.65. The third-order valence-corrected chi connectivity index (χ3v) is 7.17. The van der Waals surface area contributed by atoms with Crippen LogP contribution in [0.25, 0.3) is 0 Å². The third kappa shape index (κ3) is 1.23. The van der Waals surface area contributed by atoms with Gasteiger partial charge in [-0.05, 0) is 17.7 Å². The summed E-state index contributed by atoms with van der Waals surface area (Å²) in [6, 6.07) is 12.0. The second-order valence-corrected chi connectivity index (χ2v) is 7.92. The first-order valence-corrected chi connectivity index (χ1v) is 8.60. The number of nitrogens with zero attached hydrogens (tertiary/aromatic N) is 2. The molecule has 0 amide bonds. The predicted octanol–water partition coefficient (Wildman–Crippen LogP) is 0.500. The third-order valence-electron chi connectivity index (χ3n) is 5.63. The lowest BCUT2D eigenvalue weighted by Crippen LogP contribution is -2.88. The fourth-order valence-electron chi connectivity index (χ4n) is 4.59. The number of hydrogen-bond donors (Lipinski definition) is 2. The van der Waals surface area contributed by atoms with Gasteiger partial charge in [0.05, 0.1) is 24.2 Å². The van der Waals surface area contributed by atoms with Crippen molar-refractivity contribution >= 4 is 29.2 Å². The van der Waals surface area contributed by atoms with Gasteiger partial charge >= 0.3 is 0 Å². The van der Waals surface area contributed by atoms with E-state index >= 15 is 0 Å². The Morgan fingerprint density at radius 2 is 2.17 bits per heavy atom. The summed E-state index contributed by atoms with van der Waals surface area (Å²) < 4.78 is 5.94. The number of rotatable bonds is 1. The number of ether oxygens (including phenoxy) is 1. The fraction of sp³-hybridized carbons (Fsp3) is 0.438. The molecule has 0 bridgehead atoms.